The Balaban J connectivity index is 2.04. The van der Waals surface area contributed by atoms with E-state index in [0.717, 1.165) is 13.1 Å². The average molecular weight is 298 g/mol. The van der Waals surface area contributed by atoms with Crippen LogP contribution in [0.1, 0.15) is 10.4 Å². The molecule has 0 radical (unpaired) electrons. The first-order valence-electron chi connectivity index (χ1n) is 6.24. The molecule has 1 aromatic rings. The van der Waals surface area contributed by atoms with E-state index >= 15 is 0 Å². The van der Waals surface area contributed by atoms with Gasteiger partial charge in [-0.1, -0.05) is 11.6 Å². The smallest absolute Gasteiger partial charge is 0.337 e. The molecule has 0 unspecified atom stereocenters. The number of carboxylic acid groups (broad SMARTS) is 1. The maximum atomic E-state index is 12.1. The van der Waals surface area contributed by atoms with Crippen molar-refractivity contribution in [1.82, 2.24) is 9.80 Å². The van der Waals surface area contributed by atoms with Gasteiger partial charge in [-0.25, -0.2) is 9.59 Å². The normalized spacial score (nSPS) is 16.0. The monoisotopic (exact) mass is 297 g/mol. The van der Waals surface area contributed by atoms with E-state index < -0.39 is 5.97 Å². The highest BCUT2D eigenvalue weighted by Gasteiger charge is 2.19. The lowest BCUT2D eigenvalue weighted by Gasteiger charge is -2.32. The molecule has 0 spiro atoms. The van der Waals surface area contributed by atoms with E-state index in [1.807, 2.05) is 7.05 Å². The lowest BCUT2D eigenvalue weighted by atomic mass is 10.2. The Morgan fingerprint density at radius 2 is 1.90 bits per heavy atom. The third kappa shape index (κ3) is 3.40. The maximum absolute atomic E-state index is 12.1. The largest absolute Gasteiger partial charge is 0.478 e. The van der Waals surface area contributed by atoms with Crippen molar-refractivity contribution in [3.05, 3.63) is 28.8 Å². The summed E-state index contributed by atoms with van der Waals surface area (Å²) in [7, 11) is 2.01. The molecule has 0 saturated carbocycles. The van der Waals surface area contributed by atoms with E-state index in [1.54, 1.807) is 11.0 Å². The van der Waals surface area contributed by atoms with Crippen LogP contribution in [-0.2, 0) is 0 Å². The number of urea groups is 1. The van der Waals surface area contributed by atoms with Gasteiger partial charge in [-0.15, -0.1) is 0 Å². The lowest BCUT2D eigenvalue weighted by molar-refractivity contribution is 0.0697. The van der Waals surface area contributed by atoms with Crippen LogP contribution in [0.25, 0.3) is 0 Å². The summed E-state index contributed by atoms with van der Waals surface area (Å²) in [6, 6.07) is 4.18. The molecule has 0 bridgehead atoms. The summed E-state index contributed by atoms with van der Waals surface area (Å²) in [4.78, 5) is 26.9. The van der Waals surface area contributed by atoms with Crippen LogP contribution in [0.5, 0.6) is 0 Å². The van der Waals surface area contributed by atoms with Crippen molar-refractivity contribution in [2.75, 3.05) is 38.5 Å². The number of aromatic carboxylic acids is 1. The zero-order chi connectivity index (χ0) is 14.7. The lowest BCUT2D eigenvalue weighted by Crippen LogP contribution is -2.48. The molecule has 7 heteroatoms. The van der Waals surface area contributed by atoms with Crippen LogP contribution in [0.3, 0.4) is 0 Å². The zero-order valence-electron chi connectivity index (χ0n) is 11.1. The molecule has 1 aromatic carbocycles. The molecule has 0 aromatic heterocycles. The minimum absolute atomic E-state index is 0.0251. The fourth-order valence-corrected chi connectivity index (χ4v) is 2.18. The third-order valence-electron chi connectivity index (χ3n) is 3.24. The number of anilines is 1. The highest BCUT2D eigenvalue weighted by Crippen LogP contribution is 2.21. The van der Waals surface area contributed by atoms with Crippen LogP contribution in [0, 0.1) is 0 Å². The summed E-state index contributed by atoms with van der Waals surface area (Å²) in [5, 5.41) is 11.8. The van der Waals surface area contributed by atoms with E-state index in [0.29, 0.717) is 18.8 Å². The van der Waals surface area contributed by atoms with Crippen molar-refractivity contribution < 1.29 is 14.7 Å². The minimum atomic E-state index is -1.12. The number of hydrogen-bond acceptors (Lipinski definition) is 3. The molecule has 1 fully saturated rings. The number of piperazine rings is 1. The van der Waals surface area contributed by atoms with Crippen LogP contribution in [0.2, 0.25) is 5.02 Å². The highest BCUT2D eigenvalue weighted by atomic mass is 35.5. The van der Waals surface area contributed by atoms with Gasteiger partial charge >= 0.3 is 12.0 Å². The summed E-state index contributed by atoms with van der Waals surface area (Å²) in [5.41, 5.74) is 0.401. The maximum Gasteiger partial charge on any atom is 0.337 e. The fourth-order valence-electron chi connectivity index (χ4n) is 1.98. The first kappa shape index (κ1) is 14.6. The first-order valence-corrected chi connectivity index (χ1v) is 6.62. The van der Waals surface area contributed by atoms with Crippen molar-refractivity contribution >= 4 is 29.3 Å². The van der Waals surface area contributed by atoms with Gasteiger partial charge in [0.25, 0.3) is 0 Å². The zero-order valence-corrected chi connectivity index (χ0v) is 11.9. The number of nitrogens with zero attached hydrogens (tertiary/aromatic N) is 2. The van der Waals surface area contributed by atoms with E-state index in [9.17, 15) is 9.59 Å². The second-order valence-corrected chi connectivity index (χ2v) is 5.13. The number of benzene rings is 1. The van der Waals surface area contributed by atoms with Crippen LogP contribution >= 0.6 is 11.6 Å². The standard InChI is InChI=1S/C13H16ClN3O3/c1-16-4-6-17(7-5-16)13(20)15-9-2-3-11(14)10(8-9)12(18)19/h2-3,8H,4-7H2,1H3,(H,15,20)(H,18,19). The van der Waals surface area contributed by atoms with Gasteiger partial charge < -0.3 is 20.2 Å². The van der Waals surface area contributed by atoms with Crippen LogP contribution < -0.4 is 5.32 Å². The summed E-state index contributed by atoms with van der Waals surface area (Å²) in [6.45, 7) is 2.96. The number of carbonyl (C=O) groups is 2. The van der Waals surface area contributed by atoms with Gasteiger partial charge in [0.05, 0.1) is 10.6 Å². The summed E-state index contributed by atoms with van der Waals surface area (Å²) in [5.74, 6) is -1.12. The third-order valence-corrected chi connectivity index (χ3v) is 3.57. The Morgan fingerprint density at radius 3 is 2.50 bits per heavy atom. The van der Waals surface area contributed by atoms with E-state index in [1.165, 1.54) is 12.1 Å². The molecule has 0 atom stereocenters. The SMILES string of the molecule is CN1CCN(C(=O)Nc2ccc(Cl)c(C(=O)O)c2)CC1. The molecule has 0 aliphatic carbocycles. The van der Waals surface area contributed by atoms with Crippen molar-refractivity contribution in [3.63, 3.8) is 0 Å². The summed E-state index contributed by atoms with van der Waals surface area (Å²) >= 11 is 5.78. The summed E-state index contributed by atoms with van der Waals surface area (Å²) in [6.07, 6.45) is 0. The van der Waals surface area contributed by atoms with Gasteiger partial charge in [0.1, 0.15) is 0 Å². The number of hydrogen-bond donors (Lipinski definition) is 2. The highest BCUT2D eigenvalue weighted by molar-refractivity contribution is 6.33. The number of halogens is 1. The molecule has 108 valence electrons. The van der Waals surface area contributed by atoms with Gasteiger partial charge in [0.2, 0.25) is 0 Å². The quantitative estimate of drug-likeness (QED) is 0.873. The molecule has 1 aliphatic rings. The topological polar surface area (TPSA) is 72.9 Å². The Bertz CT molecular complexity index is 528. The number of rotatable bonds is 2. The predicted octanol–water partition coefficient (Wildman–Crippen LogP) is 1.82. The Morgan fingerprint density at radius 1 is 1.25 bits per heavy atom. The second-order valence-electron chi connectivity index (χ2n) is 4.72. The molecule has 1 saturated heterocycles. The number of amides is 2. The number of nitrogens with one attached hydrogen (secondary N) is 1. The van der Waals surface area contributed by atoms with Crippen molar-refractivity contribution in [2.45, 2.75) is 0 Å². The first-order chi connectivity index (χ1) is 9.47. The van der Waals surface area contributed by atoms with E-state index in [-0.39, 0.29) is 16.6 Å². The van der Waals surface area contributed by atoms with Crippen LogP contribution in [0.15, 0.2) is 18.2 Å². The molecule has 2 rings (SSSR count). The van der Waals surface area contributed by atoms with Gasteiger partial charge in [0, 0.05) is 31.9 Å². The van der Waals surface area contributed by atoms with E-state index in [2.05, 4.69) is 10.2 Å². The molecular formula is C13H16ClN3O3. The molecule has 2 amide bonds. The van der Waals surface area contributed by atoms with Crippen molar-refractivity contribution in [2.24, 2.45) is 0 Å². The predicted molar refractivity (Wildman–Crippen MR) is 76.5 cm³/mol. The number of likely N-dealkylation sites (N-methyl/N-ethyl adjacent to an activating group) is 1. The molecule has 6 nitrogen and oxygen atoms in total. The second kappa shape index (κ2) is 6.11. The number of carbonyl (C=O) groups excluding carboxylic acids is 1. The molecule has 20 heavy (non-hydrogen) atoms. The van der Waals surface area contributed by atoms with Crippen molar-refractivity contribution in [3.8, 4) is 0 Å². The summed E-state index contributed by atoms with van der Waals surface area (Å²) < 4.78 is 0. The fraction of sp³-hybridized carbons (Fsp3) is 0.385. The molecule has 1 aliphatic heterocycles. The van der Waals surface area contributed by atoms with Gasteiger partial charge in [-0.05, 0) is 25.2 Å². The van der Waals surface area contributed by atoms with Gasteiger partial charge in [0.15, 0.2) is 0 Å². The van der Waals surface area contributed by atoms with Gasteiger partial charge in [-0.3, -0.25) is 0 Å². The molecule has 2 N–H and O–H groups in total. The van der Waals surface area contributed by atoms with Crippen LogP contribution in [0.4, 0.5) is 10.5 Å². The van der Waals surface area contributed by atoms with Crippen LogP contribution in [-0.4, -0.2) is 60.1 Å². The molecular weight excluding hydrogens is 282 g/mol. The Hall–Kier alpha value is -1.79. The van der Waals surface area contributed by atoms with E-state index in [4.69, 9.17) is 16.7 Å². The number of carboxylic acids is 1. The molecule has 1 heterocycles. The Kier molecular flexibility index (Phi) is 4.46. The average Bonchev–Trinajstić information content (AvgIpc) is 2.41. The van der Waals surface area contributed by atoms with Gasteiger partial charge in [-0.2, -0.15) is 0 Å². The van der Waals surface area contributed by atoms with Crippen molar-refractivity contribution in [1.29, 1.82) is 0 Å². The Labute approximate surface area is 121 Å². The minimum Gasteiger partial charge on any atom is -0.478 e.